The monoisotopic (exact) mass is 189 g/mol. The second kappa shape index (κ2) is 5.53. The highest BCUT2D eigenvalue weighted by molar-refractivity contribution is 5.93. The number of rotatable bonds is 6. The van der Waals surface area contributed by atoms with Gasteiger partial charge in [0.25, 0.3) is 0 Å². The summed E-state index contributed by atoms with van der Waals surface area (Å²) in [6.45, 7) is 1.93. The van der Waals surface area contributed by atoms with Crippen LogP contribution < -0.4 is 5.73 Å². The maximum Gasteiger partial charge on any atom is 0.319 e. The number of carbonyl (C=O) groups is 2. The van der Waals surface area contributed by atoms with Crippen molar-refractivity contribution < 1.29 is 19.8 Å². The molecule has 0 aliphatic carbocycles. The summed E-state index contributed by atoms with van der Waals surface area (Å²) in [4.78, 5) is 21.0. The van der Waals surface area contributed by atoms with Crippen molar-refractivity contribution in [3.63, 3.8) is 0 Å². The van der Waals surface area contributed by atoms with Gasteiger partial charge in [-0.3, -0.25) is 9.59 Å². The van der Waals surface area contributed by atoms with Crippen molar-refractivity contribution in [1.82, 2.24) is 0 Å². The quantitative estimate of drug-likeness (QED) is 0.521. The summed E-state index contributed by atoms with van der Waals surface area (Å²) < 4.78 is 0. The molecule has 4 N–H and O–H groups in total. The highest BCUT2D eigenvalue weighted by atomic mass is 16.4. The van der Waals surface area contributed by atoms with Crippen LogP contribution in [0.4, 0.5) is 0 Å². The third-order valence-electron chi connectivity index (χ3n) is 1.85. The van der Waals surface area contributed by atoms with Crippen molar-refractivity contribution >= 4 is 11.9 Å². The lowest BCUT2D eigenvalue weighted by Gasteiger charge is -2.15. The second-order valence-corrected chi connectivity index (χ2v) is 2.96. The molecule has 1 atom stereocenters. The summed E-state index contributed by atoms with van der Waals surface area (Å²) in [6, 6.07) is -0.796. The van der Waals surface area contributed by atoms with Crippen LogP contribution in [0.5, 0.6) is 0 Å². The molecular weight excluding hydrogens is 174 g/mol. The zero-order chi connectivity index (χ0) is 10.4. The van der Waals surface area contributed by atoms with E-state index in [1.165, 1.54) is 0 Å². The van der Waals surface area contributed by atoms with Crippen LogP contribution in [-0.4, -0.2) is 28.2 Å². The first-order valence-electron chi connectivity index (χ1n) is 4.21. The first-order valence-corrected chi connectivity index (χ1v) is 4.21. The van der Waals surface area contributed by atoms with Crippen molar-refractivity contribution in [3.05, 3.63) is 0 Å². The summed E-state index contributed by atoms with van der Waals surface area (Å²) in [7, 11) is 0. The van der Waals surface area contributed by atoms with Gasteiger partial charge in [0, 0.05) is 6.04 Å². The molecule has 0 spiro atoms. The number of carboxylic acid groups (broad SMARTS) is 2. The van der Waals surface area contributed by atoms with Crippen LogP contribution >= 0.6 is 0 Å². The molecule has 0 radical (unpaired) electrons. The normalized spacial score (nSPS) is 12.8. The second-order valence-electron chi connectivity index (χ2n) is 2.96. The highest BCUT2D eigenvalue weighted by Crippen LogP contribution is 2.09. The van der Waals surface area contributed by atoms with E-state index in [1.807, 2.05) is 6.92 Å². The minimum Gasteiger partial charge on any atom is -0.481 e. The van der Waals surface area contributed by atoms with Crippen molar-refractivity contribution in [2.45, 2.75) is 32.2 Å². The van der Waals surface area contributed by atoms with Gasteiger partial charge in [0.05, 0.1) is 0 Å². The number of hydrogen-bond acceptors (Lipinski definition) is 3. The molecule has 0 fully saturated rings. The fourth-order valence-electron chi connectivity index (χ4n) is 1.08. The SMILES string of the molecule is CCCCC(N)C(C(=O)O)C(=O)O. The lowest BCUT2D eigenvalue weighted by atomic mass is 9.96. The average molecular weight is 189 g/mol. The van der Waals surface area contributed by atoms with Crippen molar-refractivity contribution in [1.29, 1.82) is 0 Å². The Bertz CT molecular complexity index is 179. The van der Waals surface area contributed by atoms with Gasteiger partial charge in [-0.1, -0.05) is 19.8 Å². The predicted octanol–water partition coefficient (Wildman–Crippen LogP) is 0.289. The summed E-state index contributed by atoms with van der Waals surface area (Å²) >= 11 is 0. The Hall–Kier alpha value is -1.10. The van der Waals surface area contributed by atoms with E-state index in [1.54, 1.807) is 0 Å². The van der Waals surface area contributed by atoms with Gasteiger partial charge in [-0.25, -0.2) is 0 Å². The largest absolute Gasteiger partial charge is 0.481 e. The van der Waals surface area contributed by atoms with Gasteiger partial charge in [0.1, 0.15) is 0 Å². The molecule has 0 saturated heterocycles. The molecule has 0 aliphatic heterocycles. The summed E-state index contributed by atoms with van der Waals surface area (Å²) in [5.74, 6) is -4.21. The molecule has 0 amide bonds. The van der Waals surface area contributed by atoms with Crippen LogP contribution in [0.2, 0.25) is 0 Å². The molecule has 76 valence electrons. The number of aliphatic carboxylic acids is 2. The van der Waals surface area contributed by atoms with E-state index in [0.29, 0.717) is 6.42 Å². The van der Waals surface area contributed by atoms with Gasteiger partial charge in [0.15, 0.2) is 5.92 Å². The summed E-state index contributed by atoms with van der Waals surface area (Å²) in [5.41, 5.74) is 5.44. The molecule has 0 bridgehead atoms. The van der Waals surface area contributed by atoms with Gasteiger partial charge in [0.2, 0.25) is 0 Å². The minimum absolute atomic E-state index is 0.430. The fourth-order valence-corrected chi connectivity index (χ4v) is 1.08. The van der Waals surface area contributed by atoms with Crippen LogP contribution in [0.15, 0.2) is 0 Å². The van der Waals surface area contributed by atoms with Gasteiger partial charge in [-0.05, 0) is 6.42 Å². The topological polar surface area (TPSA) is 101 Å². The molecule has 5 nitrogen and oxygen atoms in total. The Balaban J connectivity index is 4.20. The summed E-state index contributed by atoms with van der Waals surface area (Å²) in [5, 5.41) is 17.1. The van der Waals surface area contributed by atoms with Crippen LogP contribution in [0.1, 0.15) is 26.2 Å². The molecule has 0 heterocycles. The van der Waals surface area contributed by atoms with Gasteiger partial charge >= 0.3 is 11.9 Å². The van der Waals surface area contributed by atoms with E-state index < -0.39 is 23.9 Å². The predicted molar refractivity (Wildman–Crippen MR) is 46.3 cm³/mol. The highest BCUT2D eigenvalue weighted by Gasteiger charge is 2.31. The average Bonchev–Trinajstić information content (AvgIpc) is 1.99. The van der Waals surface area contributed by atoms with Gasteiger partial charge in [-0.15, -0.1) is 0 Å². The van der Waals surface area contributed by atoms with E-state index in [2.05, 4.69) is 0 Å². The van der Waals surface area contributed by atoms with E-state index >= 15 is 0 Å². The maximum absolute atomic E-state index is 10.5. The van der Waals surface area contributed by atoms with Crippen LogP contribution in [-0.2, 0) is 9.59 Å². The van der Waals surface area contributed by atoms with E-state index in [-0.39, 0.29) is 0 Å². The molecule has 5 heteroatoms. The number of nitrogens with two attached hydrogens (primary N) is 1. The third kappa shape index (κ3) is 3.89. The molecular formula is C8H15NO4. The molecule has 1 unspecified atom stereocenters. The zero-order valence-electron chi connectivity index (χ0n) is 7.56. The first kappa shape index (κ1) is 11.9. The lowest BCUT2D eigenvalue weighted by molar-refractivity contribution is -0.155. The Morgan fingerprint density at radius 1 is 1.31 bits per heavy atom. The zero-order valence-corrected chi connectivity index (χ0v) is 7.56. The molecule has 0 aromatic carbocycles. The first-order chi connectivity index (χ1) is 6.00. The van der Waals surface area contributed by atoms with Gasteiger partial charge < -0.3 is 15.9 Å². The number of unbranched alkanes of at least 4 members (excludes halogenated alkanes) is 1. The molecule has 0 aromatic rings. The molecule has 0 aliphatic rings. The van der Waals surface area contributed by atoms with E-state index in [9.17, 15) is 9.59 Å². The number of hydrogen-bond donors (Lipinski definition) is 3. The minimum atomic E-state index is -1.48. The van der Waals surface area contributed by atoms with Crippen LogP contribution in [0, 0.1) is 5.92 Å². The number of carboxylic acids is 2. The Morgan fingerprint density at radius 3 is 2.08 bits per heavy atom. The molecule has 0 rings (SSSR count). The fraction of sp³-hybridized carbons (Fsp3) is 0.750. The third-order valence-corrected chi connectivity index (χ3v) is 1.85. The van der Waals surface area contributed by atoms with Crippen molar-refractivity contribution in [3.8, 4) is 0 Å². The van der Waals surface area contributed by atoms with E-state index in [4.69, 9.17) is 15.9 Å². The smallest absolute Gasteiger partial charge is 0.319 e. The summed E-state index contributed by atoms with van der Waals surface area (Å²) in [6.07, 6.45) is 2.05. The van der Waals surface area contributed by atoms with Crippen molar-refractivity contribution in [2.24, 2.45) is 11.7 Å². The molecule has 0 saturated carbocycles. The van der Waals surface area contributed by atoms with E-state index in [0.717, 1.165) is 12.8 Å². The van der Waals surface area contributed by atoms with Gasteiger partial charge in [-0.2, -0.15) is 0 Å². The van der Waals surface area contributed by atoms with Crippen LogP contribution in [0.25, 0.3) is 0 Å². The Morgan fingerprint density at radius 2 is 1.77 bits per heavy atom. The molecule has 0 aromatic heterocycles. The van der Waals surface area contributed by atoms with Crippen LogP contribution in [0.3, 0.4) is 0 Å². The van der Waals surface area contributed by atoms with Crippen molar-refractivity contribution in [2.75, 3.05) is 0 Å². The standard InChI is InChI=1S/C8H15NO4/c1-2-3-4-5(9)6(7(10)11)8(12)13/h5-6H,2-4,9H2,1H3,(H,10,11)(H,12,13). The Labute approximate surface area is 76.5 Å². The molecule has 13 heavy (non-hydrogen) atoms. The lowest BCUT2D eigenvalue weighted by Crippen LogP contribution is -2.40. The Kier molecular flexibility index (Phi) is 5.06. The maximum atomic E-state index is 10.5.